The zero-order valence-corrected chi connectivity index (χ0v) is 15.9. The Labute approximate surface area is 163 Å². The number of carbonyl (C=O) groups is 1. The Morgan fingerprint density at radius 2 is 1.50 bits per heavy atom. The van der Waals surface area contributed by atoms with E-state index < -0.39 is 16.1 Å². The van der Waals surface area contributed by atoms with Gasteiger partial charge in [0.15, 0.2) is 0 Å². The van der Waals surface area contributed by atoms with Gasteiger partial charge in [0.2, 0.25) is 0 Å². The quantitative estimate of drug-likeness (QED) is 0.340. The Bertz CT molecular complexity index is 1040. The molecular formula is C21H18O6S. The number of ether oxygens (including phenoxy) is 1. The van der Waals surface area contributed by atoms with Crippen LogP contribution in [0.3, 0.4) is 0 Å². The summed E-state index contributed by atoms with van der Waals surface area (Å²) in [6, 6.07) is 22.0. The highest BCUT2D eigenvalue weighted by molar-refractivity contribution is 7.86. The van der Waals surface area contributed by atoms with Crippen molar-refractivity contribution in [1.82, 2.24) is 0 Å². The molecule has 0 spiro atoms. The molecular weight excluding hydrogens is 380 g/mol. The van der Waals surface area contributed by atoms with Gasteiger partial charge in [-0.3, -0.25) is 0 Å². The molecule has 144 valence electrons. The molecule has 0 fully saturated rings. The number of methoxy groups -OCH3 is 1. The van der Waals surface area contributed by atoms with Gasteiger partial charge in [-0.25, -0.2) is 9.68 Å². The predicted octanol–water partition coefficient (Wildman–Crippen LogP) is 3.98. The monoisotopic (exact) mass is 398 g/mol. The van der Waals surface area contributed by atoms with Crippen LogP contribution in [0.1, 0.15) is 15.9 Å². The Morgan fingerprint density at radius 3 is 2.18 bits per heavy atom. The molecule has 0 N–H and O–H groups in total. The lowest BCUT2D eigenvalue weighted by molar-refractivity contribution is -0.212. The van der Waals surface area contributed by atoms with Crippen LogP contribution in [0.5, 0.6) is 0 Å². The molecule has 3 rings (SSSR count). The van der Waals surface area contributed by atoms with Gasteiger partial charge in [-0.1, -0.05) is 60.7 Å². The molecule has 0 radical (unpaired) electrons. The van der Waals surface area contributed by atoms with Crippen LogP contribution >= 0.6 is 0 Å². The maximum absolute atomic E-state index is 12.0. The van der Waals surface area contributed by atoms with Crippen LogP contribution in [0.2, 0.25) is 0 Å². The largest absolute Gasteiger partial charge is 0.465 e. The van der Waals surface area contributed by atoms with E-state index in [9.17, 15) is 13.2 Å². The molecule has 0 aromatic heterocycles. The third kappa shape index (κ3) is 4.64. The first kappa shape index (κ1) is 19.8. The summed E-state index contributed by atoms with van der Waals surface area (Å²) in [6.45, 7) is -0.0506. The fourth-order valence-electron chi connectivity index (χ4n) is 2.59. The van der Waals surface area contributed by atoms with Gasteiger partial charge in [0.25, 0.3) is 0 Å². The summed E-state index contributed by atoms with van der Waals surface area (Å²) in [5.74, 6) is -0.414. The van der Waals surface area contributed by atoms with Crippen LogP contribution in [-0.4, -0.2) is 21.5 Å². The lowest BCUT2D eigenvalue weighted by Gasteiger charge is -2.09. The normalized spacial score (nSPS) is 11.2. The fourth-order valence-corrected chi connectivity index (χ4v) is 3.33. The van der Waals surface area contributed by atoms with Crippen molar-refractivity contribution in [3.8, 4) is 11.1 Å². The van der Waals surface area contributed by atoms with Crippen LogP contribution in [0.15, 0.2) is 83.8 Å². The number of hydrogen-bond donors (Lipinski definition) is 0. The number of hydrogen-bond acceptors (Lipinski definition) is 6. The predicted molar refractivity (Wildman–Crippen MR) is 103 cm³/mol. The van der Waals surface area contributed by atoms with Crippen molar-refractivity contribution in [2.24, 2.45) is 0 Å². The maximum atomic E-state index is 12.0. The second-order valence-corrected chi connectivity index (χ2v) is 7.35. The minimum Gasteiger partial charge on any atom is -0.465 e. The number of carbonyl (C=O) groups excluding carboxylic acids is 1. The topological polar surface area (TPSA) is 78.9 Å². The van der Waals surface area contributed by atoms with Crippen molar-refractivity contribution in [3.05, 3.63) is 90.0 Å². The van der Waals surface area contributed by atoms with E-state index in [0.717, 1.165) is 11.1 Å². The van der Waals surface area contributed by atoms with Crippen molar-refractivity contribution >= 4 is 16.1 Å². The summed E-state index contributed by atoms with van der Waals surface area (Å²) < 4.78 is 33.4. The van der Waals surface area contributed by atoms with E-state index in [4.69, 9.17) is 9.62 Å². The van der Waals surface area contributed by atoms with Crippen LogP contribution in [0.25, 0.3) is 11.1 Å². The lowest BCUT2D eigenvalue weighted by Crippen LogP contribution is -2.07. The molecule has 0 amide bonds. The first-order chi connectivity index (χ1) is 13.5. The lowest BCUT2D eigenvalue weighted by atomic mass is 9.99. The van der Waals surface area contributed by atoms with E-state index >= 15 is 0 Å². The van der Waals surface area contributed by atoms with Gasteiger partial charge in [-0.15, -0.1) is 4.33 Å². The highest BCUT2D eigenvalue weighted by Crippen LogP contribution is 2.25. The molecule has 0 heterocycles. The average Bonchev–Trinajstić information content (AvgIpc) is 2.74. The average molecular weight is 398 g/mol. The third-order valence-electron chi connectivity index (χ3n) is 3.99. The second kappa shape index (κ2) is 8.79. The molecule has 0 saturated heterocycles. The van der Waals surface area contributed by atoms with Crippen molar-refractivity contribution < 1.29 is 27.2 Å². The summed E-state index contributed by atoms with van der Waals surface area (Å²) >= 11 is 0. The standard InChI is InChI=1S/C21H18O6S/c1-25-21(22)20-10-6-5-9-19(20)17-13-11-16(12-14-17)15-26-27-28(23,24)18-7-3-2-4-8-18/h2-14H,15H2,1H3. The van der Waals surface area contributed by atoms with Gasteiger partial charge in [0.1, 0.15) is 6.61 Å². The molecule has 7 heteroatoms. The van der Waals surface area contributed by atoms with Crippen molar-refractivity contribution in [2.75, 3.05) is 7.11 Å². The molecule has 0 aliphatic carbocycles. The Morgan fingerprint density at radius 1 is 0.857 bits per heavy atom. The maximum Gasteiger partial charge on any atom is 0.338 e. The van der Waals surface area contributed by atoms with Gasteiger partial charge in [-0.2, -0.15) is 8.42 Å². The highest BCUT2D eigenvalue weighted by atomic mass is 32.2. The Hall–Kier alpha value is -3.00. The zero-order valence-electron chi connectivity index (χ0n) is 15.1. The molecule has 0 unspecified atom stereocenters. The van der Waals surface area contributed by atoms with E-state index in [1.165, 1.54) is 19.2 Å². The van der Waals surface area contributed by atoms with E-state index in [1.807, 2.05) is 24.3 Å². The van der Waals surface area contributed by atoms with Crippen LogP contribution in [-0.2, 0) is 30.7 Å². The summed E-state index contributed by atoms with van der Waals surface area (Å²) in [4.78, 5) is 16.8. The Kier molecular flexibility index (Phi) is 6.20. The minimum absolute atomic E-state index is 0.0183. The van der Waals surface area contributed by atoms with E-state index in [0.29, 0.717) is 11.1 Å². The zero-order chi connectivity index (χ0) is 20.0. The second-order valence-electron chi connectivity index (χ2n) is 5.83. The minimum atomic E-state index is -3.97. The van der Waals surface area contributed by atoms with Crippen molar-refractivity contribution in [2.45, 2.75) is 11.5 Å². The first-order valence-corrected chi connectivity index (χ1v) is 9.80. The SMILES string of the molecule is COC(=O)c1ccccc1-c1ccc(COOS(=O)(=O)c2ccccc2)cc1. The fraction of sp³-hybridized carbons (Fsp3) is 0.0952. The molecule has 0 aliphatic rings. The number of rotatable bonds is 7. The molecule has 0 aliphatic heterocycles. The smallest absolute Gasteiger partial charge is 0.338 e. The van der Waals surface area contributed by atoms with Crippen LogP contribution in [0, 0.1) is 0 Å². The number of esters is 1. The highest BCUT2D eigenvalue weighted by Gasteiger charge is 2.16. The third-order valence-corrected chi connectivity index (χ3v) is 5.12. The van der Waals surface area contributed by atoms with Gasteiger partial charge < -0.3 is 4.74 Å². The summed E-state index contributed by atoms with van der Waals surface area (Å²) in [5.41, 5.74) is 2.74. The van der Waals surface area contributed by atoms with Crippen molar-refractivity contribution in [1.29, 1.82) is 0 Å². The summed E-state index contributed by atoms with van der Waals surface area (Å²) in [6.07, 6.45) is 0. The van der Waals surface area contributed by atoms with Gasteiger partial charge >= 0.3 is 16.1 Å². The molecule has 3 aromatic carbocycles. The Balaban J connectivity index is 1.67. The molecule has 0 atom stereocenters. The van der Waals surface area contributed by atoms with Crippen LogP contribution < -0.4 is 0 Å². The van der Waals surface area contributed by atoms with E-state index in [-0.39, 0.29) is 11.5 Å². The molecule has 0 saturated carbocycles. The van der Waals surface area contributed by atoms with E-state index in [1.54, 1.807) is 42.5 Å². The number of benzene rings is 3. The van der Waals surface area contributed by atoms with Crippen LogP contribution in [0.4, 0.5) is 0 Å². The summed E-state index contributed by atoms with van der Waals surface area (Å²) in [7, 11) is -2.64. The van der Waals surface area contributed by atoms with Gasteiger partial charge in [0, 0.05) is 0 Å². The molecule has 6 nitrogen and oxygen atoms in total. The van der Waals surface area contributed by atoms with Crippen molar-refractivity contribution in [3.63, 3.8) is 0 Å². The van der Waals surface area contributed by atoms with E-state index in [2.05, 4.69) is 4.33 Å². The van der Waals surface area contributed by atoms with Gasteiger partial charge in [-0.05, 0) is 34.9 Å². The molecule has 0 bridgehead atoms. The molecule has 3 aromatic rings. The first-order valence-electron chi connectivity index (χ1n) is 8.39. The summed E-state index contributed by atoms with van der Waals surface area (Å²) in [5, 5.41) is 0. The molecule has 28 heavy (non-hydrogen) atoms. The van der Waals surface area contributed by atoms with Gasteiger partial charge in [0.05, 0.1) is 17.6 Å².